The third kappa shape index (κ3) is 2.76. The van der Waals surface area contributed by atoms with Gasteiger partial charge in [0.05, 0.1) is 5.52 Å². The summed E-state index contributed by atoms with van der Waals surface area (Å²) in [6.45, 7) is 3.57. The highest BCUT2D eigenvalue weighted by molar-refractivity contribution is 5.82. The number of piperidine rings is 1. The normalized spacial score (nSPS) is 15.8. The lowest BCUT2D eigenvalue weighted by Crippen LogP contribution is -2.27. The average molecular weight is 368 g/mol. The maximum absolute atomic E-state index is 14.7. The smallest absolute Gasteiger partial charge is 0.191 e. The molecule has 4 heterocycles. The molecule has 1 aliphatic heterocycles. The first kappa shape index (κ1) is 16.3. The second-order valence-electron chi connectivity index (χ2n) is 7.00. The number of nitrogens with zero attached hydrogens (tertiary/aromatic N) is 4. The predicted octanol–water partition coefficient (Wildman–Crippen LogP) is 3.33. The topological polar surface area (TPSA) is 70.9 Å². The van der Waals surface area contributed by atoms with Gasteiger partial charge in [-0.15, -0.1) is 0 Å². The van der Waals surface area contributed by atoms with Crippen LogP contribution in [0.15, 0.2) is 24.4 Å². The van der Waals surface area contributed by atoms with Gasteiger partial charge in [0.2, 0.25) is 0 Å². The average Bonchev–Trinajstić information content (AvgIpc) is 3.26. The summed E-state index contributed by atoms with van der Waals surface area (Å²) >= 11 is 0. The van der Waals surface area contributed by atoms with E-state index in [0.29, 0.717) is 33.9 Å². The van der Waals surface area contributed by atoms with Crippen LogP contribution in [0.25, 0.3) is 27.8 Å². The molecule has 4 aromatic rings. The fourth-order valence-corrected chi connectivity index (χ4v) is 3.76. The number of hydrogen-bond donors (Lipinski definition) is 2. The molecular weight excluding hydrogens is 350 g/mol. The molecule has 5 rings (SSSR count). The summed E-state index contributed by atoms with van der Waals surface area (Å²) in [7, 11) is 0. The van der Waals surface area contributed by atoms with Gasteiger partial charge in [-0.2, -0.15) is 5.10 Å². The van der Waals surface area contributed by atoms with E-state index in [1.807, 2.05) is 0 Å². The molecule has 1 fully saturated rings. The molecule has 0 radical (unpaired) electrons. The minimum Gasteiger partial charge on any atom is -0.339 e. The van der Waals surface area contributed by atoms with Crippen molar-refractivity contribution in [1.29, 1.82) is 0 Å². The van der Waals surface area contributed by atoms with Crippen LogP contribution in [0.5, 0.6) is 0 Å². The number of nitrogens with one attached hydrogen (secondary N) is 2. The predicted molar refractivity (Wildman–Crippen MR) is 97.6 cm³/mol. The highest BCUT2D eigenvalue weighted by Gasteiger charge is 2.20. The first-order valence-electron chi connectivity index (χ1n) is 9.01. The minimum atomic E-state index is -0.494. The van der Waals surface area contributed by atoms with E-state index in [0.717, 1.165) is 31.8 Å². The van der Waals surface area contributed by atoms with Gasteiger partial charge in [0, 0.05) is 17.7 Å². The number of halogens is 2. The first-order chi connectivity index (χ1) is 13.1. The zero-order valence-corrected chi connectivity index (χ0v) is 14.8. The van der Waals surface area contributed by atoms with Crippen molar-refractivity contribution in [2.75, 3.05) is 13.1 Å². The summed E-state index contributed by atoms with van der Waals surface area (Å²) in [6, 6.07) is 4.53. The Labute approximate surface area is 153 Å². The molecule has 1 aliphatic rings. The zero-order valence-electron chi connectivity index (χ0n) is 14.8. The lowest BCUT2D eigenvalue weighted by molar-refractivity contribution is 0.448. The van der Waals surface area contributed by atoms with Crippen molar-refractivity contribution in [2.45, 2.75) is 25.7 Å². The van der Waals surface area contributed by atoms with Crippen LogP contribution in [0.1, 0.15) is 30.4 Å². The summed E-state index contributed by atoms with van der Waals surface area (Å²) in [5, 5.41) is 7.47. The Morgan fingerprint density at radius 3 is 2.63 bits per heavy atom. The van der Waals surface area contributed by atoms with Crippen LogP contribution in [-0.2, 0) is 0 Å². The third-order valence-electron chi connectivity index (χ3n) is 5.12. The van der Waals surface area contributed by atoms with Crippen molar-refractivity contribution in [3.63, 3.8) is 0 Å². The molecule has 0 amide bonds. The molecule has 0 bridgehead atoms. The Bertz CT molecular complexity index is 1160. The number of aryl methyl sites for hydroxylation is 1. The Hall–Kier alpha value is -2.87. The molecule has 2 N–H and O–H groups in total. The van der Waals surface area contributed by atoms with E-state index in [4.69, 9.17) is 0 Å². The Balaban J connectivity index is 1.61. The summed E-state index contributed by atoms with van der Waals surface area (Å²) < 4.78 is 30.5. The van der Waals surface area contributed by atoms with E-state index < -0.39 is 11.6 Å². The van der Waals surface area contributed by atoms with E-state index >= 15 is 0 Å². The second kappa shape index (κ2) is 6.09. The lowest BCUT2D eigenvalue weighted by Gasteiger charge is -2.20. The fraction of sp³-hybridized carbons (Fsp3) is 0.316. The van der Waals surface area contributed by atoms with Gasteiger partial charge in [-0.1, -0.05) is 0 Å². The quantitative estimate of drug-likeness (QED) is 0.569. The molecule has 1 saturated heterocycles. The van der Waals surface area contributed by atoms with Gasteiger partial charge in [-0.25, -0.2) is 23.3 Å². The van der Waals surface area contributed by atoms with E-state index in [1.165, 1.54) is 16.6 Å². The number of imidazole rings is 1. The molecule has 0 saturated carbocycles. The maximum atomic E-state index is 14.7. The molecule has 0 spiro atoms. The summed E-state index contributed by atoms with van der Waals surface area (Å²) in [5.41, 5.74) is 2.18. The van der Waals surface area contributed by atoms with Crippen molar-refractivity contribution in [3.8, 4) is 11.1 Å². The zero-order chi connectivity index (χ0) is 18.5. The first-order valence-corrected chi connectivity index (χ1v) is 9.01. The van der Waals surface area contributed by atoms with Crippen molar-refractivity contribution in [1.82, 2.24) is 29.9 Å². The standard InChI is InChI=1S/C19H18F2N6/c1-10-23-19-15(21)7-13(9-27(19)26-10)12-6-14(20)17-16(8-12)24-18(25-17)11-2-4-22-5-3-11/h6-9,11,22H,2-5H2,1H3,(H,24,25). The van der Waals surface area contributed by atoms with Gasteiger partial charge >= 0.3 is 0 Å². The van der Waals surface area contributed by atoms with Gasteiger partial charge in [0.1, 0.15) is 23.0 Å². The largest absolute Gasteiger partial charge is 0.339 e. The number of fused-ring (bicyclic) bond motifs is 2. The van der Waals surface area contributed by atoms with Gasteiger partial charge < -0.3 is 10.3 Å². The van der Waals surface area contributed by atoms with E-state index in [2.05, 4.69) is 25.4 Å². The highest BCUT2D eigenvalue weighted by Crippen LogP contribution is 2.30. The molecule has 6 nitrogen and oxygen atoms in total. The molecule has 8 heteroatoms. The Kier molecular flexibility index (Phi) is 3.68. The molecule has 0 aliphatic carbocycles. The van der Waals surface area contributed by atoms with Crippen LogP contribution >= 0.6 is 0 Å². The van der Waals surface area contributed by atoms with E-state index in [1.54, 1.807) is 19.2 Å². The maximum Gasteiger partial charge on any atom is 0.191 e. The van der Waals surface area contributed by atoms with Crippen molar-refractivity contribution in [3.05, 3.63) is 47.7 Å². The van der Waals surface area contributed by atoms with Gasteiger partial charge in [-0.3, -0.25) is 0 Å². The van der Waals surface area contributed by atoms with Crippen molar-refractivity contribution in [2.24, 2.45) is 0 Å². The molecule has 0 atom stereocenters. The number of H-pyrrole nitrogens is 1. The van der Waals surface area contributed by atoms with Crippen LogP contribution in [-0.4, -0.2) is 37.7 Å². The number of aromatic nitrogens is 5. The SMILES string of the molecule is Cc1nc2c(F)cc(-c3cc(F)c4[nH]c(C5CCNCC5)nc4c3)cn2n1. The molecule has 3 aromatic heterocycles. The van der Waals surface area contributed by atoms with Gasteiger partial charge in [0.15, 0.2) is 11.5 Å². The number of aromatic amines is 1. The summed E-state index contributed by atoms with van der Waals surface area (Å²) in [5.74, 6) is 0.701. The fourth-order valence-electron chi connectivity index (χ4n) is 3.76. The van der Waals surface area contributed by atoms with E-state index in [-0.39, 0.29) is 5.65 Å². The van der Waals surface area contributed by atoms with Crippen LogP contribution in [0.4, 0.5) is 8.78 Å². The monoisotopic (exact) mass is 368 g/mol. The second-order valence-corrected chi connectivity index (χ2v) is 7.00. The Morgan fingerprint density at radius 2 is 1.81 bits per heavy atom. The molecular formula is C19H18F2N6. The number of pyridine rings is 1. The third-order valence-corrected chi connectivity index (χ3v) is 5.12. The van der Waals surface area contributed by atoms with Gasteiger partial charge in [0.25, 0.3) is 0 Å². The number of hydrogen-bond acceptors (Lipinski definition) is 4. The number of rotatable bonds is 2. The minimum absolute atomic E-state index is 0.158. The molecule has 0 unspecified atom stereocenters. The van der Waals surface area contributed by atoms with Crippen LogP contribution in [0, 0.1) is 18.6 Å². The van der Waals surface area contributed by atoms with Crippen molar-refractivity contribution < 1.29 is 8.78 Å². The lowest BCUT2D eigenvalue weighted by atomic mass is 9.98. The summed E-state index contributed by atoms with van der Waals surface area (Å²) in [4.78, 5) is 11.8. The summed E-state index contributed by atoms with van der Waals surface area (Å²) in [6.07, 6.45) is 3.60. The van der Waals surface area contributed by atoms with Crippen LogP contribution in [0.2, 0.25) is 0 Å². The van der Waals surface area contributed by atoms with E-state index in [9.17, 15) is 8.78 Å². The van der Waals surface area contributed by atoms with Crippen LogP contribution < -0.4 is 5.32 Å². The van der Waals surface area contributed by atoms with Gasteiger partial charge in [-0.05, 0) is 56.6 Å². The molecule has 138 valence electrons. The van der Waals surface area contributed by atoms with Crippen LogP contribution in [0.3, 0.4) is 0 Å². The molecule has 27 heavy (non-hydrogen) atoms. The van der Waals surface area contributed by atoms with Crippen molar-refractivity contribution >= 4 is 16.7 Å². The highest BCUT2D eigenvalue weighted by atomic mass is 19.1. The Morgan fingerprint density at radius 1 is 1.04 bits per heavy atom. The number of benzene rings is 1. The molecule has 1 aromatic carbocycles.